The molecule has 0 spiro atoms. The molecule has 1 aliphatic rings. The van der Waals surface area contributed by atoms with Gasteiger partial charge in [-0.15, -0.1) is 33.4 Å². The average molecular weight is 280 g/mol. The van der Waals surface area contributed by atoms with Crippen LogP contribution in [0.1, 0.15) is 31.2 Å². The Labute approximate surface area is 107 Å². The molecule has 1 aromatic heterocycles. The molecule has 1 saturated carbocycles. The van der Waals surface area contributed by atoms with Gasteiger partial charge in [0.05, 0.1) is 5.92 Å². The summed E-state index contributed by atoms with van der Waals surface area (Å²) in [6, 6.07) is 0. The van der Waals surface area contributed by atoms with Crippen molar-refractivity contribution >= 4 is 45.6 Å². The lowest BCUT2D eigenvalue weighted by Gasteiger charge is -1.99. The number of alkyl halides is 2. The number of nitrogens with zero attached hydrogens (tertiary/aromatic N) is 2. The summed E-state index contributed by atoms with van der Waals surface area (Å²) < 4.78 is -0.893. The van der Waals surface area contributed by atoms with Gasteiger partial charge in [-0.05, 0) is 6.42 Å². The van der Waals surface area contributed by atoms with Crippen LogP contribution >= 0.6 is 34.5 Å². The predicted molar refractivity (Wildman–Crippen MR) is 65.2 cm³/mol. The molecule has 0 radical (unpaired) electrons. The van der Waals surface area contributed by atoms with Crippen molar-refractivity contribution in [1.82, 2.24) is 10.2 Å². The van der Waals surface area contributed by atoms with E-state index in [1.807, 2.05) is 13.8 Å². The predicted octanol–water partition coefficient (Wildman–Crippen LogP) is 2.79. The summed E-state index contributed by atoms with van der Waals surface area (Å²) in [4.78, 5) is 11.6. The first kappa shape index (κ1) is 12.1. The number of hydrogen-bond donors (Lipinski definition) is 1. The fourth-order valence-electron chi connectivity index (χ4n) is 1.21. The van der Waals surface area contributed by atoms with Crippen molar-refractivity contribution in [2.75, 3.05) is 5.32 Å². The van der Waals surface area contributed by atoms with E-state index in [0.717, 1.165) is 5.01 Å². The first-order valence-corrected chi connectivity index (χ1v) is 6.49. The maximum Gasteiger partial charge on any atom is 0.232 e. The Bertz CT molecular complexity index is 419. The molecule has 0 aromatic carbocycles. The van der Waals surface area contributed by atoms with Crippen LogP contribution in [0.25, 0.3) is 0 Å². The Kier molecular flexibility index (Phi) is 3.11. The van der Waals surface area contributed by atoms with Crippen molar-refractivity contribution in [2.24, 2.45) is 5.92 Å². The Morgan fingerprint density at radius 3 is 2.62 bits per heavy atom. The maximum atomic E-state index is 11.6. The summed E-state index contributed by atoms with van der Waals surface area (Å²) in [7, 11) is 0. The highest BCUT2D eigenvalue weighted by Crippen LogP contribution is 2.53. The summed E-state index contributed by atoms with van der Waals surface area (Å²) in [5, 5.41) is 11.9. The minimum Gasteiger partial charge on any atom is -0.300 e. The summed E-state index contributed by atoms with van der Waals surface area (Å²) >= 11 is 13.0. The lowest BCUT2D eigenvalue weighted by molar-refractivity contribution is -0.117. The fraction of sp³-hybridized carbons (Fsp3) is 0.667. The van der Waals surface area contributed by atoms with Gasteiger partial charge in [0.25, 0.3) is 0 Å². The van der Waals surface area contributed by atoms with E-state index >= 15 is 0 Å². The molecule has 88 valence electrons. The number of aromatic nitrogens is 2. The molecule has 1 heterocycles. The van der Waals surface area contributed by atoms with Crippen LogP contribution in [-0.4, -0.2) is 20.4 Å². The van der Waals surface area contributed by atoms with Gasteiger partial charge in [-0.25, -0.2) is 0 Å². The molecule has 1 unspecified atom stereocenters. The molecule has 1 aliphatic carbocycles. The molecule has 0 saturated heterocycles. The lowest BCUT2D eigenvalue weighted by Crippen LogP contribution is -2.16. The smallest absolute Gasteiger partial charge is 0.232 e. The summed E-state index contributed by atoms with van der Waals surface area (Å²) in [5.41, 5.74) is 0. The van der Waals surface area contributed by atoms with Gasteiger partial charge in [0.1, 0.15) is 9.34 Å². The lowest BCUT2D eigenvalue weighted by atomic mass is 10.2. The summed E-state index contributed by atoms with van der Waals surface area (Å²) in [5.74, 6) is -0.206. The van der Waals surface area contributed by atoms with Crippen molar-refractivity contribution in [2.45, 2.75) is 30.5 Å². The topological polar surface area (TPSA) is 54.9 Å². The third kappa shape index (κ3) is 2.47. The standard InChI is InChI=1S/C9H11Cl2N3OS/c1-4(2)7-13-14-8(16-7)12-6(15)5-3-9(5,10)11/h4-5H,3H2,1-2H3,(H,12,14,15). The third-order valence-corrected chi connectivity index (χ3v) is 4.28. The minimum absolute atomic E-state index is 0.184. The van der Waals surface area contributed by atoms with Crippen LogP contribution < -0.4 is 5.32 Å². The molecular weight excluding hydrogens is 269 g/mol. The molecule has 4 nitrogen and oxygen atoms in total. The van der Waals surface area contributed by atoms with Gasteiger partial charge in [0.2, 0.25) is 11.0 Å². The van der Waals surface area contributed by atoms with E-state index in [4.69, 9.17) is 23.2 Å². The maximum absolute atomic E-state index is 11.6. The Morgan fingerprint density at radius 2 is 2.19 bits per heavy atom. The van der Waals surface area contributed by atoms with Crippen molar-refractivity contribution < 1.29 is 4.79 Å². The zero-order chi connectivity index (χ0) is 11.9. The molecule has 1 fully saturated rings. The third-order valence-electron chi connectivity index (χ3n) is 2.31. The molecule has 1 amide bonds. The van der Waals surface area contributed by atoms with Crippen LogP contribution in [0.3, 0.4) is 0 Å². The van der Waals surface area contributed by atoms with E-state index in [1.54, 1.807) is 0 Å². The number of amides is 1. The number of hydrogen-bond acceptors (Lipinski definition) is 4. The van der Waals surface area contributed by atoms with Crippen molar-refractivity contribution in [1.29, 1.82) is 0 Å². The van der Waals surface area contributed by atoms with Gasteiger partial charge < -0.3 is 5.32 Å². The molecule has 1 aromatic rings. The highest BCUT2D eigenvalue weighted by Gasteiger charge is 2.56. The van der Waals surface area contributed by atoms with E-state index in [0.29, 0.717) is 17.5 Å². The molecule has 7 heteroatoms. The fourth-order valence-corrected chi connectivity index (χ4v) is 2.46. The molecule has 1 atom stereocenters. The molecule has 16 heavy (non-hydrogen) atoms. The highest BCUT2D eigenvalue weighted by molar-refractivity contribution is 7.15. The van der Waals surface area contributed by atoms with Crippen molar-refractivity contribution in [3.05, 3.63) is 5.01 Å². The highest BCUT2D eigenvalue weighted by atomic mass is 35.5. The SMILES string of the molecule is CC(C)c1nnc(NC(=O)C2CC2(Cl)Cl)s1. The normalized spacial score (nSPS) is 22.2. The van der Waals surface area contributed by atoms with Gasteiger partial charge in [-0.2, -0.15) is 0 Å². The van der Waals surface area contributed by atoms with Crippen LogP contribution in [0.15, 0.2) is 0 Å². The second-order valence-electron chi connectivity index (χ2n) is 4.11. The number of anilines is 1. The van der Waals surface area contributed by atoms with E-state index in [-0.39, 0.29) is 11.8 Å². The van der Waals surface area contributed by atoms with E-state index in [1.165, 1.54) is 11.3 Å². The van der Waals surface area contributed by atoms with Crippen LogP contribution in [0.5, 0.6) is 0 Å². The average Bonchev–Trinajstić information content (AvgIpc) is 2.62. The second-order valence-corrected chi connectivity index (χ2v) is 6.66. The number of carbonyl (C=O) groups excluding carboxylic acids is 1. The molecule has 0 bridgehead atoms. The van der Waals surface area contributed by atoms with E-state index in [2.05, 4.69) is 15.5 Å². The van der Waals surface area contributed by atoms with Gasteiger partial charge in [-0.3, -0.25) is 4.79 Å². The Morgan fingerprint density at radius 1 is 1.56 bits per heavy atom. The van der Waals surface area contributed by atoms with Crippen LogP contribution in [-0.2, 0) is 4.79 Å². The minimum atomic E-state index is -0.893. The molecule has 0 aliphatic heterocycles. The first-order valence-electron chi connectivity index (χ1n) is 4.92. The Hall–Kier alpha value is -0.390. The van der Waals surface area contributed by atoms with Gasteiger partial charge in [0.15, 0.2) is 0 Å². The largest absolute Gasteiger partial charge is 0.300 e. The number of nitrogens with one attached hydrogen (secondary N) is 1. The van der Waals surface area contributed by atoms with E-state index < -0.39 is 4.33 Å². The van der Waals surface area contributed by atoms with Crippen LogP contribution in [0.4, 0.5) is 5.13 Å². The van der Waals surface area contributed by atoms with Crippen LogP contribution in [0.2, 0.25) is 0 Å². The van der Waals surface area contributed by atoms with Gasteiger partial charge in [0, 0.05) is 5.92 Å². The van der Waals surface area contributed by atoms with Gasteiger partial charge in [-0.1, -0.05) is 25.2 Å². The van der Waals surface area contributed by atoms with Crippen molar-refractivity contribution in [3.63, 3.8) is 0 Å². The zero-order valence-electron chi connectivity index (χ0n) is 8.83. The van der Waals surface area contributed by atoms with E-state index in [9.17, 15) is 4.79 Å². The first-order chi connectivity index (χ1) is 7.40. The van der Waals surface area contributed by atoms with Crippen molar-refractivity contribution in [3.8, 4) is 0 Å². The number of halogens is 2. The molecule has 1 N–H and O–H groups in total. The number of carbonyl (C=O) groups is 1. The van der Waals surface area contributed by atoms with Crippen LogP contribution in [0, 0.1) is 5.92 Å². The second kappa shape index (κ2) is 4.13. The molecular formula is C9H11Cl2N3OS. The summed E-state index contributed by atoms with van der Waals surface area (Å²) in [6.45, 7) is 4.05. The zero-order valence-corrected chi connectivity index (χ0v) is 11.2. The van der Waals surface area contributed by atoms with Gasteiger partial charge >= 0.3 is 0 Å². The quantitative estimate of drug-likeness (QED) is 0.866. The molecule has 2 rings (SSSR count). The Balaban J connectivity index is 1.97. The number of rotatable bonds is 3. The monoisotopic (exact) mass is 279 g/mol. The summed E-state index contributed by atoms with van der Waals surface area (Å²) in [6.07, 6.45) is 0.498.